The monoisotopic (exact) mass is 326 g/mol. The summed E-state index contributed by atoms with van der Waals surface area (Å²) in [4.78, 5) is 23.9. The Morgan fingerprint density at radius 1 is 1.11 bits per heavy atom. The third-order valence-electron chi connectivity index (χ3n) is 2.76. The Bertz CT molecular complexity index is 429. The molecule has 0 aromatic heterocycles. The van der Waals surface area contributed by atoms with Crippen molar-refractivity contribution in [2.24, 2.45) is 0 Å². The fraction of sp³-hybridized carbons (Fsp3) is 0.467. The maximum Gasteiger partial charge on any atom is 0.338 e. The summed E-state index contributed by atoms with van der Waals surface area (Å²) >= 11 is 3.36. The number of ketones is 1. The van der Waals surface area contributed by atoms with Crippen molar-refractivity contribution in [3.63, 3.8) is 0 Å². The summed E-state index contributed by atoms with van der Waals surface area (Å²) in [7, 11) is 0. The average molecular weight is 327 g/mol. The van der Waals surface area contributed by atoms with Crippen LogP contribution in [0, 0.1) is 0 Å². The number of alkyl halides is 1. The van der Waals surface area contributed by atoms with E-state index < -0.39 is 5.97 Å². The number of carbonyl (C=O) groups is 2. The number of unbranched alkanes of at least 4 members (excludes halogenated alkanes) is 2. The van der Waals surface area contributed by atoms with Crippen LogP contribution < -0.4 is 0 Å². The molecule has 0 aliphatic heterocycles. The van der Waals surface area contributed by atoms with Gasteiger partial charge in [-0.05, 0) is 25.8 Å². The second-order valence-corrected chi connectivity index (χ2v) is 4.98. The number of hydrogen-bond acceptors (Lipinski definition) is 3. The van der Waals surface area contributed by atoms with E-state index in [1.165, 1.54) is 0 Å². The highest BCUT2D eigenvalue weighted by molar-refractivity contribution is 9.09. The largest absolute Gasteiger partial charge is 0.462 e. The van der Waals surface area contributed by atoms with Crippen LogP contribution in [0.15, 0.2) is 24.3 Å². The van der Waals surface area contributed by atoms with Gasteiger partial charge in [0.25, 0.3) is 0 Å². The molecule has 0 atom stereocenters. The van der Waals surface area contributed by atoms with Gasteiger partial charge < -0.3 is 4.74 Å². The first-order chi connectivity index (χ1) is 9.20. The molecule has 0 aliphatic rings. The van der Waals surface area contributed by atoms with Crippen LogP contribution in [0.1, 0.15) is 53.3 Å². The molecule has 0 heterocycles. The maximum atomic E-state index is 12.1. The minimum atomic E-state index is -0.424. The zero-order valence-electron chi connectivity index (χ0n) is 11.2. The molecule has 19 heavy (non-hydrogen) atoms. The van der Waals surface area contributed by atoms with Gasteiger partial charge in [0, 0.05) is 17.3 Å². The highest BCUT2D eigenvalue weighted by Gasteiger charge is 2.16. The van der Waals surface area contributed by atoms with Crippen LogP contribution in [0.5, 0.6) is 0 Å². The zero-order valence-corrected chi connectivity index (χ0v) is 12.7. The van der Waals surface area contributed by atoms with E-state index in [1.54, 1.807) is 31.2 Å². The lowest BCUT2D eigenvalue weighted by atomic mass is 9.99. The Hall–Kier alpha value is -1.16. The average Bonchev–Trinajstić information content (AvgIpc) is 2.43. The van der Waals surface area contributed by atoms with Gasteiger partial charge in [-0.2, -0.15) is 0 Å². The SMILES string of the molecule is CCOC(=O)c1ccccc1C(=O)CCCCCBr. The second-order valence-electron chi connectivity index (χ2n) is 4.19. The van der Waals surface area contributed by atoms with Crippen LogP contribution >= 0.6 is 15.9 Å². The Labute approximate surface area is 122 Å². The fourth-order valence-electron chi connectivity index (χ4n) is 1.80. The molecule has 0 aliphatic carbocycles. The highest BCUT2D eigenvalue weighted by atomic mass is 79.9. The van der Waals surface area contributed by atoms with Gasteiger partial charge >= 0.3 is 5.97 Å². The number of carbonyl (C=O) groups excluding carboxylic acids is 2. The van der Waals surface area contributed by atoms with Crippen LogP contribution in [0.4, 0.5) is 0 Å². The Morgan fingerprint density at radius 3 is 2.42 bits per heavy atom. The van der Waals surface area contributed by atoms with E-state index in [-0.39, 0.29) is 5.78 Å². The minimum absolute atomic E-state index is 0.0122. The molecule has 0 radical (unpaired) electrons. The number of ether oxygens (including phenoxy) is 1. The molecule has 0 bridgehead atoms. The van der Waals surface area contributed by atoms with Crippen molar-refractivity contribution in [2.45, 2.75) is 32.6 Å². The molecule has 104 valence electrons. The maximum absolute atomic E-state index is 12.1. The van der Waals surface area contributed by atoms with Gasteiger partial charge in [0.1, 0.15) is 0 Å². The topological polar surface area (TPSA) is 43.4 Å². The van der Waals surface area contributed by atoms with Gasteiger partial charge in [-0.15, -0.1) is 0 Å². The number of esters is 1. The first kappa shape index (κ1) is 15.9. The van der Waals surface area contributed by atoms with Crippen LogP contribution in [0.2, 0.25) is 0 Å². The third kappa shape index (κ3) is 5.15. The predicted octanol–water partition coefficient (Wildman–Crippen LogP) is 4.00. The third-order valence-corrected chi connectivity index (χ3v) is 3.32. The quantitative estimate of drug-likeness (QED) is 0.314. The molecule has 0 spiro atoms. The molecule has 4 heteroatoms. The van der Waals surface area contributed by atoms with Gasteiger partial charge in [0.15, 0.2) is 5.78 Å². The lowest BCUT2D eigenvalue weighted by Gasteiger charge is -2.07. The Morgan fingerprint density at radius 2 is 1.79 bits per heavy atom. The molecular weight excluding hydrogens is 308 g/mol. The van der Waals surface area contributed by atoms with E-state index in [0.717, 1.165) is 24.6 Å². The molecule has 1 aromatic carbocycles. The first-order valence-corrected chi connectivity index (χ1v) is 7.68. The molecular formula is C15H19BrO3. The smallest absolute Gasteiger partial charge is 0.338 e. The number of halogens is 1. The van der Waals surface area contributed by atoms with E-state index >= 15 is 0 Å². The summed E-state index contributed by atoms with van der Waals surface area (Å²) in [5, 5.41) is 0.959. The standard InChI is InChI=1S/C15H19BrO3/c1-2-19-15(18)13-9-6-5-8-12(13)14(17)10-4-3-7-11-16/h5-6,8-9H,2-4,7,10-11H2,1H3. The van der Waals surface area contributed by atoms with Gasteiger partial charge in [0.05, 0.1) is 12.2 Å². The van der Waals surface area contributed by atoms with Gasteiger partial charge in [0.2, 0.25) is 0 Å². The number of rotatable bonds is 8. The zero-order chi connectivity index (χ0) is 14.1. The lowest BCUT2D eigenvalue weighted by molar-refractivity contribution is 0.0523. The van der Waals surface area contributed by atoms with Gasteiger partial charge in [-0.3, -0.25) is 4.79 Å². The van der Waals surface area contributed by atoms with Crippen molar-refractivity contribution >= 4 is 27.7 Å². The van der Waals surface area contributed by atoms with Crippen LogP contribution in [-0.4, -0.2) is 23.7 Å². The van der Waals surface area contributed by atoms with E-state index in [9.17, 15) is 9.59 Å². The summed E-state index contributed by atoms with van der Waals surface area (Å²) in [6.07, 6.45) is 3.40. The molecule has 0 unspecified atom stereocenters. The molecule has 0 saturated heterocycles. The van der Waals surface area contributed by atoms with Crippen molar-refractivity contribution in [3.8, 4) is 0 Å². The Kier molecular flexibility index (Phi) is 7.41. The van der Waals surface area contributed by atoms with Crippen molar-refractivity contribution in [1.29, 1.82) is 0 Å². The van der Waals surface area contributed by atoms with Crippen LogP contribution in [0.3, 0.4) is 0 Å². The van der Waals surface area contributed by atoms with Crippen molar-refractivity contribution in [3.05, 3.63) is 35.4 Å². The van der Waals surface area contributed by atoms with E-state index in [2.05, 4.69) is 15.9 Å². The number of hydrogen-bond donors (Lipinski definition) is 0. The highest BCUT2D eigenvalue weighted by Crippen LogP contribution is 2.15. The second kappa shape index (κ2) is 8.86. The lowest BCUT2D eigenvalue weighted by Crippen LogP contribution is -2.11. The molecule has 0 amide bonds. The van der Waals surface area contributed by atoms with Crippen molar-refractivity contribution < 1.29 is 14.3 Å². The normalized spacial score (nSPS) is 10.2. The summed E-state index contributed by atoms with van der Waals surface area (Å²) < 4.78 is 4.96. The molecule has 0 N–H and O–H groups in total. The summed E-state index contributed by atoms with van der Waals surface area (Å²) in [6, 6.07) is 6.85. The number of benzene rings is 1. The summed E-state index contributed by atoms with van der Waals surface area (Å²) in [5.41, 5.74) is 0.842. The van der Waals surface area contributed by atoms with Crippen LogP contribution in [-0.2, 0) is 4.74 Å². The van der Waals surface area contributed by atoms with Gasteiger partial charge in [-0.1, -0.05) is 40.5 Å². The molecule has 0 fully saturated rings. The predicted molar refractivity (Wildman–Crippen MR) is 79.0 cm³/mol. The Balaban J connectivity index is 2.71. The van der Waals surface area contributed by atoms with Crippen molar-refractivity contribution in [2.75, 3.05) is 11.9 Å². The molecule has 1 rings (SSSR count). The molecule has 1 aromatic rings. The van der Waals surface area contributed by atoms with E-state index in [1.807, 2.05) is 0 Å². The van der Waals surface area contributed by atoms with Crippen LogP contribution in [0.25, 0.3) is 0 Å². The summed E-state index contributed by atoms with van der Waals surface area (Å²) in [6.45, 7) is 2.06. The molecule has 0 saturated carbocycles. The van der Waals surface area contributed by atoms with Gasteiger partial charge in [-0.25, -0.2) is 4.79 Å². The summed E-state index contributed by atoms with van der Waals surface area (Å²) in [5.74, 6) is -0.412. The van der Waals surface area contributed by atoms with E-state index in [4.69, 9.17) is 4.74 Å². The van der Waals surface area contributed by atoms with E-state index in [0.29, 0.717) is 24.2 Å². The van der Waals surface area contributed by atoms with Crippen molar-refractivity contribution in [1.82, 2.24) is 0 Å². The molecule has 3 nitrogen and oxygen atoms in total. The number of Topliss-reactive ketones (excluding diaryl/α,β-unsaturated/α-hetero) is 1. The fourth-order valence-corrected chi connectivity index (χ4v) is 2.20. The first-order valence-electron chi connectivity index (χ1n) is 6.56. The minimum Gasteiger partial charge on any atom is -0.462 e.